The number of methoxy groups -OCH3 is 1. The maximum absolute atomic E-state index is 12.3. The minimum absolute atomic E-state index is 0. The maximum Gasteiger partial charge on any atom is 0.328 e. The molecule has 0 aliphatic rings. The quantitative estimate of drug-likeness (QED) is 0.768. The summed E-state index contributed by atoms with van der Waals surface area (Å²) < 4.78 is 5.54. The van der Waals surface area contributed by atoms with Crippen LogP contribution in [0.3, 0.4) is 0 Å². The van der Waals surface area contributed by atoms with Crippen LogP contribution in [0.25, 0.3) is 0 Å². The smallest absolute Gasteiger partial charge is 0.328 e. The fraction of sp³-hybridized carbons (Fsp3) is 0.429. The molecule has 0 radical (unpaired) electrons. The van der Waals surface area contributed by atoms with Gasteiger partial charge in [0.25, 0.3) is 0 Å². The molecule has 0 spiro atoms. The summed E-state index contributed by atoms with van der Waals surface area (Å²) in [5, 5.41) is 2.62. The van der Waals surface area contributed by atoms with E-state index in [0.29, 0.717) is 12.0 Å². The number of ether oxygens (including phenoxy) is 1. The Labute approximate surface area is 139 Å². The van der Waals surface area contributed by atoms with Crippen molar-refractivity contribution in [2.45, 2.75) is 31.8 Å². The van der Waals surface area contributed by atoms with Gasteiger partial charge in [0, 0.05) is 4.47 Å². The van der Waals surface area contributed by atoms with Crippen molar-refractivity contribution >= 4 is 40.2 Å². The van der Waals surface area contributed by atoms with Gasteiger partial charge >= 0.3 is 5.97 Å². The molecule has 3 N–H and O–H groups in total. The minimum atomic E-state index is -1.22. The lowest BCUT2D eigenvalue weighted by Crippen LogP contribution is -2.53. The van der Waals surface area contributed by atoms with E-state index in [1.165, 1.54) is 7.11 Å². The zero-order valence-electron chi connectivity index (χ0n) is 12.2. The van der Waals surface area contributed by atoms with Crippen LogP contribution in [-0.4, -0.2) is 25.0 Å². The van der Waals surface area contributed by atoms with Gasteiger partial charge in [-0.05, 0) is 31.0 Å². The van der Waals surface area contributed by atoms with E-state index in [2.05, 4.69) is 26.0 Å². The summed E-state index contributed by atoms with van der Waals surface area (Å²) in [6.07, 6.45) is 0.439. The second-order valence-corrected chi connectivity index (χ2v) is 5.58. The summed E-state index contributed by atoms with van der Waals surface area (Å²) >= 11 is 3.33. The van der Waals surface area contributed by atoms with Crippen molar-refractivity contribution in [3.8, 4) is 0 Å². The topological polar surface area (TPSA) is 81.4 Å². The Bertz CT molecular complexity index is 491. The number of esters is 1. The highest BCUT2D eigenvalue weighted by molar-refractivity contribution is 9.10. The molecule has 118 valence electrons. The van der Waals surface area contributed by atoms with E-state index in [4.69, 9.17) is 5.73 Å². The van der Waals surface area contributed by atoms with Crippen LogP contribution < -0.4 is 11.1 Å². The van der Waals surface area contributed by atoms with E-state index in [9.17, 15) is 9.59 Å². The fourth-order valence-electron chi connectivity index (χ4n) is 1.71. The molecule has 2 atom stereocenters. The van der Waals surface area contributed by atoms with E-state index in [1.807, 2.05) is 12.1 Å². The van der Waals surface area contributed by atoms with E-state index in [0.717, 1.165) is 4.47 Å². The first-order valence-electron chi connectivity index (χ1n) is 6.26. The summed E-state index contributed by atoms with van der Waals surface area (Å²) in [5.41, 5.74) is 5.54. The summed E-state index contributed by atoms with van der Waals surface area (Å²) in [5.74, 6) is -0.899. The number of benzene rings is 1. The second kappa shape index (κ2) is 8.36. The Morgan fingerprint density at radius 1 is 1.38 bits per heavy atom. The Hall–Kier alpha value is -1.11. The van der Waals surface area contributed by atoms with Gasteiger partial charge in [-0.3, -0.25) is 4.79 Å². The van der Waals surface area contributed by atoms with Crippen LogP contribution in [0, 0.1) is 0 Å². The van der Waals surface area contributed by atoms with Crippen molar-refractivity contribution in [3.63, 3.8) is 0 Å². The number of halogens is 2. The number of carbonyl (C=O) groups excluding carboxylic acids is 2. The van der Waals surface area contributed by atoms with Gasteiger partial charge < -0.3 is 15.8 Å². The monoisotopic (exact) mass is 378 g/mol. The van der Waals surface area contributed by atoms with Gasteiger partial charge in [0.05, 0.1) is 7.11 Å². The number of hydrogen-bond donors (Lipinski definition) is 2. The molecule has 2 unspecified atom stereocenters. The first-order chi connectivity index (χ1) is 9.32. The lowest BCUT2D eigenvalue weighted by Gasteiger charge is -2.26. The third-order valence-corrected chi connectivity index (χ3v) is 3.64. The number of rotatable bonds is 5. The van der Waals surface area contributed by atoms with Gasteiger partial charge in [0.15, 0.2) is 0 Å². The second-order valence-electron chi connectivity index (χ2n) is 4.67. The van der Waals surface area contributed by atoms with Crippen molar-refractivity contribution in [1.82, 2.24) is 5.32 Å². The average molecular weight is 380 g/mol. The Balaban J connectivity index is 0.00000400. The van der Waals surface area contributed by atoms with Crippen molar-refractivity contribution in [2.75, 3.05) is 7.11 Å². The molecular formula is C14H20BrClN2O3. The average Bonchev–Trinajstić information content (AvgIpc) is 2.44. The van der Waals surface area contributed by atoms with Crippen LogP contribution in [0.4, 0.5) is 0 Å². The first kappa shape index (κ1) is 19.9. The van der Waals surface area contributed by atoms with Crippen LogP contribution in [0.15, 0.2) is 28.7 Å². The lowest BCUT2D eigenvalue weighted by atomic mass is 9.92. The summed E-state index contributed by atoms with van der Waals surface area (Å²) in [6.45, 7) is 3.39. The number of hydrogen-bond acceptors (Lipinski definition) is 4. The van der Waals surface area contributed by atoms with E-state index < -0.39 is 23.5 Å². The van der Waals surface area contributed by atoms with Gasteiger partial charge in [-0.2, -0.15) is 0 Å². The number of amides is 1. The Morgan fingerprint density at radius 3 is 2.33 bits per heavy atom. The zero-order chi connectivity index (χ0) is 15.3. The normalized spacial score (nSPS) is 14.3. The lowest BCUT2D eigenvalue weighted by molar-refractivity contribution is -0.145. The van der Waals surface area contributed by atoms with Crippen LogP contribution in [0.2, 0.25) is 0 Å². The van der Waals surface area contributed by atoms with Crippen molar-refractivity contribution in [3.05, 3.63) is 34.3 Å². The highest BCUT2D eigenvalue weighted by Gasteiger charge is 2.33. The fourth-order valence-corrected chi connectivity index (χ4v) is 1.97. The van der Waals surface area contributed by atoms with Crippen LogP contribution in [-0.2, 0) is 19.9 Å². The molecule has 0 saturated heterocycles. The molecule has 0 bridgehead atoms. The predicted molar refractivity (Wildman–Crippen MR) is 87.2 cm³/mol. The molecule has 1 rings (SSSR count). The molecule has 1 aromatic rings. The molecule has 1 aromatic carbocycles. The van der Waals surface area contributed by atoms with Gasteiger partial charge in [-0.25, -0.2) is 4.79 Å². The standard InChI is InChI=1S/C14H19BrN2O3.ClH/c1-4-11(12(18)20-3)17-13(19)14(2,16)9-5-7-10(15)8-6-9;/h5-8,11H,4,16H2,1-3H3,(H,17,19);1H. The maximum atomic E-state index is 12.3. The Kier molecular flexibility index (Phi) is 7.92. The molecular weight excluding hydrogens is 360 g/mol. The SMILES string of the molecule is CCC(NC(=O)C(C)(N)c1ccc(Br)cc1)C(=O)OC.Cl. The molecule has 7 heteroatoms. The van der Waals surface area contributed by atoms with Gasteiger partial charge in [0.1, 0.15) is 11.6 Å². The predicted octanol–water partition coefficient (Wildman–Crippen LogP) is 2.11. The first-order valence-corrected chi connectivity index (χ1v) is 7.06. The minimum Gasteiger partial charge on any atom is -0.467 e. The third-order valence-electron chi connectivity index (χ3n) is 3.11. The molecule has 21 heavy (non-hydrogen) atoms. The number of nitrogens with one attached hydrogen (secondary N) is 1. The van der Waals surface area contributed by atoms with Gasteiger partial charge in [-0.15, -0.1) is 12.4 Å². The third kappa shape index (κ3) is 4.98. The van der Waals surface area contributed by atoms with Gasteiger partial charge in [0.2, 0.25) is 5.91 Å². The number of nitrogens with two attached hydrogens (primary N) is 1. The summed E-state index contributed by atoms with van der Waals surface area (Å²) in [4.78, 5) is 23.8. The molecule has 0 fully saturated rings. The van der Waals surface area contributed by atoms with Crippen LogP contribution in [0.5, 0.6) is 0 Å². The van der Waals surface area contributed by atoms with Gasteiger partial charge in [-0.1, -0.05) is 35.0 Å². The van der Waals surface area contributed by atoms with Crippen molar-refractivity contribution < 1.29 is 14.3 Å². The molecule has 1 amide bonds. The van der Waals surface area contributed by atoms with E-state index >= 15 is 0 Å². The highest BCUT2D eigenvalue weighted by Crippen LogP contribution is 2.21. The summed E-state index contributed by atoms with van der Waals surface area (Å²) in [7, 11) is 1.29. The Morgan fingerprint density at radius 2 is 1.90 bits per heavy atom. The van der Waals surface area contributed by atoms with E-state index in [-0.39, 0.29) is 12.4 Å². The number of carbonyl (C=O) groups is 2. The molecule has 0 aromatic heterocycles. The highest BCUT2D eigenvalue weighted by atomic mass is 79.9. The van der Waals surface area contributed by atoms with Crippen molar-refractivity contribution in [2.24, 2.45) is 5.73 Å². The van der Waals surface area contributed by atoms with Crippen LogP contribution >= 0.6 is 28.3 Å². The zero-order valence-corrected chi connectivity index (χ0v) is 14.6. The van der Waals surface area contributed by atoms with E-state index in [1.54, 1.807) is 26.0 Å². The molecule has 0 aliphatic carbocycles. The largest absolute Gasteiger partial charge is 0.467 e. The van der Waals surface area contributed by atoms with Crippen LogP contribution in [0.1, 0.15) is 25.8 Å². The molecule has 0 heterocycles. The summed E-state index contributed by atoms with van der Waals surface area (Å²) in [6, 6.07) is 6.47. The molecule has 0 saturated carbocycles. The molecule has 5 nitrogen and oxygen atoms in total. The van der Waals surface area contributed by atoms with Crippen molar-refractivity contribution in [1.29, 1.82) is 0 Å². The molecule has 0 aliphatic heterocycles.